The lowest BCUT2D eigenvalue weighted by molar-refractivity contribution is -0.123. The molecule has 1 aliphatic rings. The van der Waals surface area contributed by atoms with Gasteiger partial charge in [-0.2, -0.15) is 0 Å². The molecule has 2 amide bonds. The first-order valence-electron chi connectivity index (χ1n) is 7.77. The molecule has 0 saturated carbocycles. The van der Waals surface area contributed by atoms with Gasteiger partial charge in [-0.1, -0.05) is 30.3 Å². The van der Waals surface area contributed by atoms with Crippen LogP contribution in [0.2, 0.25) is 0 Å². The molecular weight excluding hydrogens is 342 g/mol. The number of carbonyl (C=O) groups excluding carboxylic acids is 2. The van der Waals surface area contributed by atoms with E-state index in [1.807, 2.05) is 30.3 Å². The molecule has 132 valence electrons. The minimum Gasteiger partial charge on any atom is -0.378 e. The maximum atomic E-state index is 12.2. The molecule has 1 saturated heterocycles. The van der Waals surface area contributed by atoms with Crippen LogP contribution >= 0.6 is 11.3 Å². The lowest BCUT2D eigenvalue weighted by Gasteiger charge is -2.11. The van der Waals surface area contributed by atoms with Gasteiger partial charge >= 0.3 is 0 Å². The third-order valence-corrected chi connectivity index (χ3v) is 4.60. The fourth-order valence-corrected chi connectivity index (χ4v) is 3.25. The SMILES string of the molecule is COCc1nc(C(=O)NNC(=O)C2CC(c3ccccc3)NN2)cs1. The molecule has 8 nitrogen and oxygen atoms in total. The van der Waals surface area contributed by atoms with E-state index in [1.54, 1.807) is 12.5 Å². The van der Waals surface area contributed by atoms with E-state index in [1.165, 1.54) is 11.3 Å². The first-order chi connectivity index (χ1) is 12.2. The van der Waals surface area contributed by atoms with Crippen molar-refractivity contribution in [1.29, 1.82) is 0 Å². The maximum Gasteiger partial charge on any atom is 0.289 e. The van der Waals surface area contributed by atoms with Gasteiger partial charge < -0.3 is 4.74 Å². The summed E-state index contributed by atoms with van der Waals surface area (Å²) in [5, 5.41) is 2.32. The van der Waals surface area contributed by atoms with Crippen molar-refractivity contribution >= 4 is 23.2 Å². The van der Waals surface area contributed by atoms with E-state index in [-0.39, 0.29) is 17.6 Å². The lowest BCUT2D eigenvalue weighted by atomic mass is 10.0. The molecule has 3 rings (SSSR count). The first-order valence-corrected chi connectivity index (χ1v) is 8.65. The first kappa shape index (κ1) is 17.5. The summed E-state index contributed by atoms with van der Waals surface area (Å²) in [6.45, 7) is 0.350. The summed E-state index contributed by atoms with van der Waals surface area (Å²) in [6, 6.07) is 9.46. The van der Waals surface area contributed by atoms with Crippen LogP contribution in [0.4, 0.5) is 0 Å². The zero-order chi connectivity index (χ0) is 17.6. The highest BCUT2D eigenvalue weighted by Gasteiger charge is 2.30. The number of thiazole rings is 1. The minimum atomic E-state index is -0.461. The zero-order valence-electron chi connectivity index (χ0n) is 13.6. The highest BCUT2D eigenvalue weighted by atomic mass is 32.1. The van der Waals surface area contributed by atoms with E-state index in [9.17, 15) is 9.59 Å². The summed E-state index contributed by atoms with van der Waals surface area (Å²) in [5.74, 6) is -0.774. The second-order valence-corrected chi connectivity index (χ2v) is 6.49. The Morgan fingerprint density at radius 1 is 1.28 bits per heavy atom. The highest BCUT2D eigenvalue weighted by molar-refractivity contribution is 7.09. The normalized spacial score (nSPS) is 19.6. The maximum absolute atomic E-state index is 12.2. The van der Waals surface area contributed by atoms with E-state index in [0.717, 1.165) is 5.56 Å². The average Bonchev–Trinajstić information content (AvgIpc) is 3.30. The van der Waals surface area contributed by atoms with Crippen LogP contribution in [0.25, 0.3) is 0 Å². The van der Waals surface area contributed by atoms with Crippen LogP contribution in [-0.2, 0) is 16.1 Å². The van der Waals surface area contributed by atoms with Gasteiger partial charge in [0.25, 0.3) is 11.8 Å². The van der Waals surface area contributed by atoms with Crippen molar-refractivity contribution in [2.45, 2.75) is 25.1 Å². The summed E-state index contributed by atoms with van der Waals surface area (Å²) < 4.78 is 4.96. The van der Waals surface area contributed by atoms with Crippen molar-refractivity contribution < 1.29 is 14.3 Å². The molecule has 2 aromatic rings. The van der Waals surface area contributed by atoms with Crippen LogP contribution in [0.5, 0.6) is 0 Å². The minimum absolute atomic E-state index is 0.0443. The molecule has 2 heterocycles. The van der Waals surface area contributed by atoms with Gasteiger partial charge in [-0.25, -0.2) is 15.8 Å². The number of hydrazine groups is 2. The lowest BCUT2D eigenvalue weighted by Crippen LogP contribution is -2.50. The molecule has 0 radical (unpaired) electrons. The summed E-state index contributed by atoms with van der Waals surface area (Å²) in [5.41, 5.74) is 12.2. The van der Waals surface area contributed by atoms with Crippen LogP contribution in [0.15, 0.2) is 35.7 Å². The molecule has 1 fully saturated rings. The van der Waals surface area contributed by atoms with Crippen LogP contribution in [-0.4, -0.2) is 29.9 Å². The van der Waals surface area contributed by atoms with Crippen molar-refractivity contribution in [1.82, 2.24) is 26.7 Å². The molecule has 9 heteroatoms. The van der Waals surface area contributed by atoms with Crippen LogP contribution in [0.3, 0.4) is 0 Å². The van der Waals surface area contributed by atoms with E-state index >= 15 is 0 Å². The molecular formula is C16H19N5O3S. The second-order valence-electron chi connectivity index (χ2n) is 5.54. The zero-order valence-corrected chi connectivity index (χ0v) is 14.4. The van der Waals surface area contributed by atoms with Gasteiger partial charge in [0.05, 0.1) is 6.61 Å². The Balaban J connectivity index is 1.48. The molecule has 1 aromatic carbocycles. The van der Waals surface area contributed by atoms with Crippen molar-refractivity contribution in [3.8, 4) is 0 Å². The highest BCUT2D eigenvalue weighted by Crippen LogP contribution is 2.21. The Kier molecular flexibility index (Phi) is 5.71. The van der Waals surface area contributed by atoms with Crippen molar-refractivity contribution in [3.63, 3.8) is 0 Å². The summed E-state index contributed by atoms with van der Waals surface area (Å²) >= 11 is 1.33. The number of amides is 2. The molecule has 2 atom stereocenters. The van der Waals surface area contributed by atoms with Gasteiger partial charge in [-0.05, 0) is 12.0 Å². The van der Waals surface area contributed by atoms with E-state index in [4.69, 9.17) is 4.74 Å². The fourth-order valence-electron chi connectivity index (χ4n) is 2.51. The number of ether oxygens (including phenoxy) is 1. The number of rotatable bonds is 5. The van der Waals surface area contributed by atoms with Crippen LogP contribution in [0, 0.1) is 0 Å². The van der Waals surface area contributed by atoms with Gasteiger partial charge in [-0.3, -0.25) is 20.4 Å². The largest absolute Gasteiger partial charge is 0.378 e. The van der Waals surface area contributed by atoms with Gasteiger partial charge in [0.15, 0.2) is 0 Å². The number of aromatic nitrogens is 1. The monoisotopic (exact) mass is 361 g/mol. The second kappa shape index (κ2) is 8.17. The third-order valence-electron chi connectivity index (χ3n) is 3.77. The summed E-state index contributed by atoms with van der Waals surface area (Å²) in [6.07, 6.45) is 0.584. The van der Waals surface area contributed by atoms with Gasteiger partial charge in [0.2, 0.25) is 0 Å². The predicted molar refractivity (Wildman–Crippen MR) is 92.3 cm³/mol. The number of benzene rings is 1. The Hall–Kier alpha value is -2.33. The molecule has 2 unspecified atom stereocenters. The smallest absolute Gasteiger partial charge is 0.289 e. The fraction of sp³-hybridized carbons (Fsp3) is 0.312. The van der Waals surface area contributed by atoms with E-state index < -0.39 is 11.9 Å². The molecule has 1 aromatic heterocycles. The van der Waals surface area contributed by atoms with E-state index in [2.05, 4.69) is 26.7 Å². The van der Waals surface area contributed by atoms with Crippen molar-refractivity contribution in [3.05, 3.63) is 52.0 Å². The quantitative estimate of drug-likeness (QED) is 0.583. The standard InChI is InChI=1S/C16H19N5O3S/c1-24-8-14-17-13(9-25-14)16(23)21-20-15(22)12-7-11(18-19-12)10-5-3-2-4-6-10/h2-6,9,11-12,18-19H,7-8H2,1H3,(H,20,22)(H,21,23). The number of nitrogens with zero attached hydrogens (tertiary/aromatic N) is 1. The predicted octanol–water partition coefficient (Wildman–Crippen LogP) is 0.658. The topological polar surface area (TPSA) is 104 Å². The summed E-state index contributed by atoms with van der Waals surface area (Å²) in [4.78, 5) is 28.3. The van der Waals surface area contributed by atoms with Crippen molar-refractivity contribution in [2.75, 3.05) is 7.11 Å². The molecule has 0 bridgehead atoms. The molecule has 4 N–H and O–H groups in total. The van der Waals surface area contributed by atoms with Crippen LogP contribution in [0.1, 0.15) is 33.5 Å². The van der Waals surface area contributed by atoms with Gasteiger partial charge in [-0.15, -0.1) is 11.3 Å². The molecule has 25 heavy (non-hydrogen) atoms. The Bertz CT molecular complexity index is 736. The molecule has 0 spiro atoms. The van der Waals surface area contributed by atoms with Gasteiger partial charge in [0, 0.05) is 18.5 Å². The Morgan fingerprint density at radius 3 is 2.84 bits per heavy atom. The Morgan fingerprint density at radius 2 is 2.08 bits per heavy atom. The van der Waals surface area contributed by atoms with Gasteiger partial charge in [0.1, 0.15) is 16.7 Å². The summed E-state index contributed by atoms with van der Waals surface area (Å²) in [7, 11) is 1.56. The number of methoxy groups -OCH3 is 1. The van der Waals surface area contributed by atoms with E-state index in [0.29, 0.717) is 18.0 Å². The molecule has 0 aliphatic carbocycles. The number of carbonyl (C=O) groups is 2. The molecule has 1 aliphatic heterocycles. The number of hydrogen-bond acceptors (Lipinski definition) is 7. The van der Waals surface area contributed by atoms with Crippen molar-refractivity contribution in [2.24, 2.45) is 0 Å². The number of hydrogen-bond donors (Lipinski definition) is 4. The Labute approximate surface area is 148 Å². The average molecular weight is 361 g/mol. The third kappa shape index (κ3) is 4.40. The van der Waals surface area contributed by atoms with Crippen LogP contribution < -0.4 is 21.7 Å². The number of nitrogens with one attached hydrogen (secondary N) is 4.